The van der Waals surface area contributed by atoms with Crippen LogP contribution in [-0.2, 0) is 33.8 Å². The first-order chi connectivity index (χ1) is 17.5. The van der Waals surface area contributed by atoms with E-state index in [1.165, 1.54) is 11.0 Å². The Morgan fingerprint density at radius 2 is 1.89 bits per heavy atom. The minimum absolute atomic E-state index is 0.0299. The Morgan fingerprint density at radius 1 is 1.19 bits per heavy atom. The molecular formula is C26H29F2N3O5Si. The molecule has 2 aromatic carbocycles. The molecule has 0 aliphatic carbocycles. The van der Waals surface area contributed by atoms with Gasteiger partial charge in [0.25, 0.3) is 11.8 Å². The van der Waals surface area contributed by atoms with E-state index >= 15 is 0 Å². The van der Waals surface area contributed by atoms with Crippen LogP contribution >= 0.6 is 0 Å². The number of halogens is 2. The van der Waals surface area contributed by atoms with Gasteiger partial charge in [-0.25, -0.2) is 8.78 Å². The largest absolute Gasteiger partial charge is 0.491 e. The Bertz CT molecular complexity index is 1310. The molecule has 1 aliphatic rings. The van der Waals surface area contributed by atoms with Crippen LogP contribution in [0.25, 0.3) is 0 Å². The molecule has 37 heavy (non-hydrogen) atoms. The molecule has 11 heteroatoms. The third-order valence-electron chi connectivity index (χ3n) is 6.25. The predicted octanol–water partition coefficient (Wildman–Crippen LogP) is 3.66. The van der Waals surface area contributed by atoms with Gasteiger partial charge in [-0.15, -0.1) is 0 Å². The van der Waals surface area contributed by atoms with Gasteiger partial charge in [-0.3, -0.25) is 9.59 Å². The van der Waals surface area contributed by atoms with E-state index in [9.17, 15) is 23.5 Å². The summed E-state index contributed by atoms with van der Waals surface area (Å²) in [5.41, 5.74) is 2.38. The van der Waals surface area contributed by atoms with Crippen molar-refractivity contribution in [1.29, 1.82) is 0 Å². The lowest BCUT2D eigenvalue weighted by atomic mass is 9.90. The monoisotopic (exact) mass is 529 g/mol. The second-order valence-electron chi connectivity index (χ2n) is 10.1. The van der Waals surface area contributed by atoms with Crippen LogP contribution in [0.3, 0.4) is 0 Å². The van der Waals surface area contributed by atoms with E-state index in [2.05, 4.69) is 10.5 Å². The van der Waals surface area contributed by atoms with Crippen LogP contribution in [0.15, 0.2) is 40.9 Å². The van der Waals surface area contributed by atoms with Crippen LogP contribution < -0.4 is 10.5 Å². The topological polar surface area (TPSA) is 105 Å². The molecule has 0 saturated heterocycles. The van der Waals surface area contributed by atoms with Crippen molar-refractivity contribution >= 4 is 30.8 Å². The number of nitrogens with zero attached hydrogens (tertiary/aromatic N) is 2. The third kappa shape index (κ3) is 5.72. The molecule has 0 fully saturated rings. The second-order valence-corrected chi connectivity index (χ2v) is 15.1. The quantitative estimate of drug-likeness (QED) is 0.453. The number of carbonyl (C=O) groups excluding carboxylic acids is 2. The Morgan fingerprint density at radius 3 is 2.49 bits per heavy atom. The molecule has 0 bridgehead atoms. The molecule has 0 spiro atoms. The van der Waals surface area contributed by atoms with E-state index in [4.69, 9.17) is 9.26 Å². The van der Waals surface area contributed by atoms with E-state index in [1.54, 1.807) is 13.2 Å². The van der Waals surface area contributed by atoms with Gasteiger partial charge >= 0.3 is 0 Å². The van der Waals surface area contributed by atoms with Crippen molar-refractivity contribution in [1.82, 2.24) is 10.1 Å². The molecule has 1 aromatic heterocycles. The van der Waals surface area contributed by atoms with Crippen LogP contribution in [0.4, 0.5) is 14.5 Å². The fourth-order valence-electron chi connectivity index (χ4n) is 4.70. The van der Waals surface area contributed by atoms with Crippen LogP contribution in [0, 0.1) is 11.6 Å². The summed E-state index contributed by atoms with van der Waals surface area (Å²) in [5.74, 6) is -2.64. The van der Waals surface area contributed by atoms with Crippen LogP contribution in [0.1, 0.15) is 28.5 Å². The Hall–Kier alpha value is -3.57. The summed E-state index contributed by atoms with van der Waals surface area (Å²) in [6.07, 6.45) is 0.279. The van der Waals surface area contributed by atoms with E-state index in [0.29, 0.717) is 18.6 Å². The number of fused-ring (bicyclic) bond motifs is 1. The number of methoxy groups -OCH3 is 1. The van der Waals surface area contributed by atoms with Crippen molar-refractivity contribution in [3.8, 4) is 5.88 Å². The molecule has 0 saturated carbocycles. The first kappa shape index (κ1) is 26.5. The summed E-state index contributed by atoms with van der Waals surface area (Å²) >= 11 is 0. The van der Waals surface area contributed by atoms with Gasteiger partial charge in [-0.05, 0) is 40.4 Å². The molecular weight excluding hydrogens is 500 g/mol. The van der Waals surface area contributed by atoms with Gasteiger partial charge < -0.3 is 24.6 Å². The summed E-state index contributed by atoms with van der Waals surface area (Å²) in [6.45, 7) is 6.13. The minimum atomic E-state index is -2.30. The van der Waals surface area contributed by atoms with Crippen molar-refractivity contribution in [2.45, 2.75) is 45.1 Å². The Balaban J connectivity index is 1.67. The normalized spacial score (nSPS) is 15.4. The number of ether oxygens (including phenoxy) is 1. The average Bonchev–Trinajstić information content (AvgIpc) is 3.21. The highest BCUT2D eigenvalue weighted by molar-refractivity contribution is 6.88. The molecule has 0 radical (unpaired) electrons. The van der Waals surface area contributed by atoms with E-state index in [0.717, 1.165) is 23.3 Å². The number of amides is 2. The lowest BCUT2D eigenvalue weighted by molar-refractivity contribution is -0.139. The number of hydrogen-bond donors (Lipinski definition) is 2. The number of aromatic hydroxyl groups is 1. The fraction of sp³-hybridized carbons (Fsp3) is 0.346. The lowest BCUT2D eigenvalue weighted by Gasteiger charge is -2.36. The zero-order valence-electron chi connectivity index (χ0n) is 21.1. The van der Waals surface area contributed by atoms with Gasteiger partial charge in [0.1, 0.15) is 23.4 Å². The van der Waals surface area contributed by atoms with Gasteiger partial charge in [-0.2, -0.15) is 0 Å². The van der Waals surface area contributed by atoms with Crippen LogP contribution in [0.2, 0.25) is 19.6 Å². The highest BCUT2D eigenvalue weighted by Gasteiger charge is 2.37. The van der Waals surface area contributed by atoms with E-state index in [-0.39, 0.29) is 35.5 Å². The van der Waals surface area contributed by atoms with Gasteiger partial charge in [-0.1, -0.05) is 37.8 Å². The second kappa shape index (κ2) is 10.4. The van der Waals surface area contributed by atoms with E-state index in [1.807, 2.05) is 31.8 Å². The first-order valence-corrected chi connectivity index (χ1v) is 15.3. The van der Waals surface area contributed by atoms with Crippen molar-refractivity contribution < 1.29 is 32.7 Å². The van der Waals surface area contributed by atoms with E-state index < -0.39 is 37.6 Å². The number of aromatic nitrogens is 1. The van der Waals surface area contributed by atoms with Crippen LogP contribution in [0.5, 0.6) is 5.88 Å². The number of hydrogen-bond acceptors (Lipinski definition) is 6. The molecule has 2 amide bonds. The maximum atomic E-state index is 14.8. The first-order valence-electron chi connectivity index (χ1n) is 11.8. The smallest absolute Gasteiger partial charge is 0.251 e. The SMILES string of the molecule is COCc1ccc2c(c1)CCN(C(=O)Cc1cc(O)no1)[C@H]2C(=O)Nc1cc(F)c([Si](C)(C)C)c(F)c1. The number of rotatable bonds is 7. The number of benzene rings is 2. The molecule has 2 N–H and O–H groups in total. The average molecular weight is 530 g/mol. The fourth-order valence-corrected chi connectivity index (χ4v) is 6.27. The van der Waals surface area contributed by atoms with Gasteiger partial charge in [0.2, 0.25) is 5.91 Å². The lowest BCUT2D eigenvalue weighted by Crippen LogP contribution is -2.46. The summed E-state index contributed by atoms with van der Waals surface area (Å²) in [5, 5.41) is 15.5. The van der Waals surface area contributed by atoms with Crippen molar-refractivity contribution in [3.05, 3.63) is 70.5 Å². The highest BCUT2D eigenvalue weighted by atomic mass is 28.3. The number of anilines is 1. The van der Waals surface area contributed by atoms with Crippen molar-refractivity contribution in [3.63, 3.8) is 0 Å². The Kier molecular flexibility index (Phi) is 7.46. The van der Waals surface area contributed by atoms with Gasteiger partial charge in [0.05, 0.1) is 21.1 Å². The van der Waals surface area contributed by atoms with Crippen molar-refractivity contribution in [2.75, 3.05) is 19.0 Å². The molecule has 4 rings (SSSR count). The summed E-state index contributed by atoms with van der Waals surface area (Å²) < 4.78 is 39.8. The minimum Gasteiger partial charge on any atom is -0.491 e. The molecule has 0 unspecified atom stereocenters. The summed E-state index contributed by atoms with van der Waals surface area (Å²) in [6, 6.07) is 7.92. The molecule has 1 aliphatic heterocycles. The maximum Gasteiger partial charge on any atom is 0.251 e. The molecule has 2 heterocycles. The Labute approximate surface area is 214 Å². The number of carbonyl (C=O) groups is 2. The molecule has 196 valence electrons. The summed E-state index contributed by atoms with van der Waals surface area (Å²) in [7, 11) is -0.710. The van der Waals surface area contributed by atoms with Crippen LogP contribution in [-0.4, -0.2) is 48.7 Å². The molecule has 1 atom stereocenters. The van der Waals surface area contributed by atoms with Gasteiger partial charge in [0, 0.05) is 30.6 Å². The molecule has 8 nitrogen and oxygen atoms in total. The molecule has 3 aromatic rings. The maximum absolute atomic E-state index is 14.8. The van der Waals surface area contributed by atoms with Crippen molar-refractivity contribution in [2.24, 2.45) is 0 Å². The standard InChI is InChI=1S/C26H29F2N3O5Si/c1-35-14-15-5-6-19-16(9-15)7-8-31(23(33)13-18-12-22(32)30-36-18)24(19)26(34)29-17-10-20(27)25(21(28)11-17)37(2,3)4/h5-6,9-12,24H,7-8,13-14H2,1-4H3,(H,29,34)(H,30,32)/t24-/m1/s1. The predicted molar refractivity (Wildman–Crippen MR) is 135 cm³/mol. The zero-order chi connectivity index (χ0) is 26.9. The van der Waals surface area contributed by atoms with Gasteiger partial charge in [0.15, 0.2) is 0 Å². The highest BCUT2D eigenvalue weighted by Crippen LogP contribution is 2.33. The zero-order valence-corrected chi connectivity index (χ0v) is 22.1. The number of nitrogens with one attached hydrogen (secondary N) is 1. The summed E-state index contributed by atoms with van der Waals surface area (Å²) in [4.78, 5) is 28.2. The third-order valence-corrected chi connectivity index (χ3v) is 8.22.